The van der Waals surface area contributed by atoms with Crippen LogP contribution >= 0.6 is 11.8 Å². The van der Waals surface area contributed by atoms with Gasteiger partial charge in [0.15, 0.2) is 0 Å². The molecule has 0 aliphatic carbocycles. The number of alkyl halides is 3. The standard InChI is InChI=1S/C15H17F3OS/c1-9-6-10(15(16,17)18)2-5-13(9)14(19)7-11-3-4-12(8-14)20-11/h2,5-6,11-12,19H,3-4,7-8H2,1H3. The SMILES string of the molecule is Cc1cc(C(F)(F)F)ccc1C1(O)CC2CCC(C1)S2. The van der Waals surface area contributed by atoms with E-state index in [2.05, 4.69) is 0 Å². The molecule has 0 aromatic heterocycles. The Morgan fingerprint density at radius 1 is 1.20 bits per heavy atom. The molecule has 110 valence electrons. The third kappa shape index (κ3) is 2.46. The van der Waals surface area contributed by atoms with Gasteiger partial charge in [-0.2, -0.15) is 24.9 Å². The van der Waals surface area contributed by atoms with E-state index in [-0.39, 0.29) is 0 Å². The van der Waals surface area contributed by atoms with E-state index in [1.807, 2.05) is 11.8 Å². The Bertz CT molecular complexity index is 514. The molecular weight excluding hydrogens is 285 g/mol. The summed E-state index contributed by atoms with van der Waals surface area (Å²) in [5.41, 5.74) is -0.391. The van der Waals surface area contributed by atoms with Crippen LogP contribution < -0.4 is 0 Å². The number of rotatable bonds is 1. The summed E-state index contributed by atoms with van der Waals surface area (Å²) in [4.78, 5) is 0. The van der Waals surface area contributed by atoms with Crippen LogP contribution in [0.4, 0.5) is 13.2 Å². The van der Waals surface area contributed by atoms with Crippen molar-refractivity contribution in [2.24, 2.45) is 0 Å². The monoisotopic (exact) mass is 302 g/mol. The molecule has 0 spiro atoms. The Kier molecular flexibility index (Phi) is 3.33. The first kappa shape index (κ1) is 14.3. The number of aryl methyl sites for hydroxylation is 1. The maximum Gasteiger partial charge on any atom is 0.416 e. The number of fused-ring (bicyclic) bond motifs is 2. The van der Waals surface area contributed by atoms with Crippen LogP contribution in [0.25, 0.3) is 0 Å². The zero-order valence-electron chi connectivity index (χ0n) is 11.2. The molecule has 0 radical (unpaired) electrons. The van der Waals surface area contributed by atoms with Crippen LogP contribution in [0, 0.1) is 6.92 Å². The van der Waals surface area contributed by atoms with Gasteiger partial charge in [-0.3, -0.25) is 0 Å². The lowest BCUT2D eigenvalue weighted by Crippen LogP contribution is -2.35. The summed E-state index contributed by atoms with van der Waals surface area (Å²) >= 11 is 1.92. The van der Waals surface area contributed by atoms with Gasteiger partial charge in [0.25, 0.3) is 0 Å². The second-order valence-corrected chi connectivity index (χ2v) is 7.53. The molecule has 1 aromatic carbocycles. The van der Waals surface area contributed by atoms with Crippen molar-refractivity contribution in [3.05, 3.63) is 34.9 Å². The van der Waals surface area contributed by atoms with Gasteiger partial charge < -0.3 is 5.11 Å². The fourth-order valence-electron chi connectivity index (χ4n) is 3.50. The molecule has 2 fully saturated rings. The molecule has 0 amide bonds. The molecule has 2 heterocycles. The average Bonchev–Trinajstić information content (AvgIpc) is 2.67. The zero-order chi connectivity index (χ0) is 14.5. The van der Waals surface area contributed by atoms with E-state index in [9.17, 15) is 18.3 Å². The molecule has 2 unspecified atom stereocenters. The van der Waals surface area contributed by atoms with E-state index < -0.39 is 17.3 Å². The Balaban J connectivity index is 1.94. The number of benzene rings is 1. The number of aliphatic hydroxyl groups is 1. The van der Waals surface area contributed by atoms with Gasteiger partial charge in [0, 0.05) is 10.5 Å². The van der Waals surface area contributed by atoms with Gasteiger partial charge in [0.2, 0.25) is 0 Å². The van der Waals surface area contributed by atoms with Crippen molar-refractivity contribution >= 4 is 11.8 Å². The molecule has 3 rings (SSSR count). The highest BCUT2D eigenvalue weighted by Gasteiger charge is 2.45. The Labute approximate surface area is 120 Å². The fraction of sp³-hybridized carbons (Fsp3) is 0.600. The maximum atomic E-state index is 12.7. The highest BCUT2D eigenvalue weighted by Crippen LogP contribution is 2.51. The second kappa shape index (κ2) is 4.67. The molecule has 1 nitrogen and oxygen atoms in total. The lowest BCUT2D eigenvalue weighted by Gasteiger charge is -2.37. The summed E-state index contributed by atoms with van der Waals surface area (Å²) in [6.07, 6.45) is -0.803. The van der Waals surface area contributed by atoms with Crippen molar-refractivity contribution in [3.63, 3.8) is 0 Å². The van der Waals surface area contributed by atoms with E-state index in [4.69, 9.17) is 0 Å². The van der Waals surface area contributed by atoms with Gasteiger partial charge in [0.05, 0.1) is 11.2 Å². The first-order valence-electron chi connectivity index (χ1n) is 6.84. The smallest absolute Gasteiger partial charge is 0.385 e. The second-order valence-electron chi connectivity index (χ2n) is 5.92. The van der Waals surface area contributed by atoms with Gasteiger partial charge in [-0.25, -0.2) is 0 Å². The Hall–Kier alpha value is -0.680. The van der Waals surface area contributed by atoms with Gasteiger partial charge in [0.1, 0.15) is 0 Å². The minimum absolute atomic E-state index is 0.445. The fourth-order valence-corrected chi connectivity index (χ4v) is 5.33. The molecule has 2 aliphatic heterocycles. The lowest BCUT2D eigenvalue weighted by atomic mass is 9.83. The molecule has 1 aromatic rings. The predicted octanol–water partition coefficient (Wildman–Crippen LogP) is 4.26. The van der Waals surface area contributed by atoms with E-state index >= 15 is 0 Å². The van der Waals surface area contributed by atoms with Crippen molar-refractivity contribution in [1.82, 2.24) is 0 Å². The predicted molar refractivity (Wildman–Crippen MR) is 73.7 cm³/mol. The molecule has 5 heteroatoms. The molecule has 1 N–H and O–H groups in total. The lowest BCUT2D eigenvalue weighted by molar-refractivity contribution is -0.137. The largest absolute Gasteiger partial charge is 0.416 e. The normalized spacial score (nSPS) is 33.5. The van der Waals surface area contributed by atoms with Crippen LogP contribution in [0.5, 0.6) is 0 Å². The van der Waals surface area contributed by atoms with Crippen LogP contribution in [0.1, 0.15) is 42.4 Å². The third-order valence-electron chi connectivity index (χ3n) is 4.38. The van der Waals surface area contributed by atoms with Crippen LogP contribution in [-0.2, 0) is 11.8 Å². The van der Waals surface area contributed by atoms with Crippen molar-refractivity contribution < 1.29 is 18.3 Å². The molecule has 2 saturated heterocycles. The van der Waals surface area contributed by atoms with E-state index in [1.165, 1.54) is 6.07 Å². The van der Waals surface area contributed by atoms with Crippen molar-refractivity contribution in [3.8, 4) is 0 Å². The van der Waals surface area contributed by atoms with E-state index in [1.54, 1.807) is 6.92 Å². The van der Waals surface area contributed by atoms with Gasteiger partial charge in [-0.15, -0.1) is 0 Å². The Morgan fingerprint density at radius 2 is 1.80 bits per heavy atom. The first-order chi connectivity index (χ1) is 9.28. The van der Waals surface area contributed by atoms with Crippen LogP contribution in [0.3, 0.4) is 0 Å². The topological polar surface area (TPSA) is 20.2 Å². The molecule has 20 heavy (non-hydrogen) atoms. The highest BCUT2D eigenvalue weighted by atomic mass is 32.2. The zero-order valence-corrected chi connectivity index (χ0v) is 12.0. The number of thioether (sulfide) groups is 1. The van der Waals surface area contributed by atoms with Crippen molar-refractivity contribution in [2.45, 2.75) is 54.9 Å². The van der Waals surface area contributed by atoms with Crippen molar-refractivity contribution in [1.29, 1.82) is 0 Å². The number of hydrogen-bond donors (Lipinski definition) is 1. The minimum Gasteiger partial charge on any atom is -0.385 e. The third-order valence-corrected chi connectivity index (χ3v) is 5.96. The highest BCUT2D eigenvalue weighted by molar-refractivity contribution is 8.00. The molecule has 2 bridgehead atoms. The molecular formula is C15H17F3OS. The van der Waals surface area contributed by atoms with Crippen LogP contribution in [0.2, 0.25) is 0 Å². The van der Waals surface area contributed by atoms with Crippen LogP contribution in [-0.4, -0.2) is 15.6 Å². The number of hydrogen-bond acceptors (Lipinski definition) is 2. The molecule has 2 atom stereocenters. The van der Waals surface area contributed by atoms with Crippen LogP contribution in [0.15, 0.2) is 18.2 Å². The van der Waals surface area contributed by atoms with Gasteiger partial charge in [-0.05, 0) is 55.9 Å². The van der Waals surface area contributed by atoms with Gasteiger partial charge >= 0.3 is 6.18 Å². The average molecular weight is 302 g/mol. The summed E-state index contributed by atoms with van der Waals surface area (Å²) in [7, 11) is 0. The summed E-state index contributed by atoms with van der Waals surface area (Å²) in [5, 5.41) is 11.8. The summed E-state index contributed by atoms with van der Waals surface area (Å²) < 4.78 is 38.1. The summed E-state index contributed by atoms with van der Waals surface area (Å²) in [6.45, 7) is 1.66. The molecule has 0 saturated carbocycles. The summed E-state index contributed by atoms with van der Waals surface area (Å²) in [6, 6.07) is 3.70. The first-order valence-corrected chi connectivity index (χ1v) is 7.78. The molecule has 2 aliphatic rings. The van der Waals surface area contributed by atoms with Crippen molar-refractivity contribution in [2.75, 3.05) is 0 Å². The quantitative estimate of drug-likeness (QED) is 0.836. The minimum atomic E-state index is -4.33. The van der Waals surface area contributed by atoms with E-state index in [0.717, 1.165) is 25.0 Å². The van der Waals surface area contributed by atoms with Gasteiger partial charge in [-0.1, -0.05) is 6.07 Å². The van der Waals surface area contributed by atoms with E-state index in [0.29, 0.717) is 34.5 Å². The Morgan fingerprint density at radius 3 is 2.30 bits per heavy atom. The number of halogens is 3. The summed E-state index contributed by atoms with van der Waals surface area (Å²) in [5.74, 6) is 0. The maximum absolute atomic E-state index is 12.7.